The molecule has 2 aromatic carbocycles. The first-order valence-corrected chi connectivity index (χ1v) is 9.57. The second-order valence-electron chi connectivity index (χ2n) is 6.75. The topological polar surface area (TPSA) is 82.1 Å². The van der Waals surface area contributed by atoms with Crippen LogP contribution in [-0.4, -0.2) is 20.0 Å². The molecular weight excluding hydrogens is 404 g/mol. The second-order valence-corrected chi connectivity index (χ2v) is 7.19. The normalized spacial score (nSPS) is 11.2. The molecule has 1 N–H and O–H groups in total. The van der Waals surface area contributed by atoms with Crippen molar-refractivity contribution >= 4 is 45.3 Å². The zero-order valence-corrected chi connectivity index (χ0v) is 16.3. The molecule has 0 aliphatic carbocycles. The molecule has 0 radical (unpaired) electrons. The highest BCUT2D eigenvalue weighted by Gasteiger charge is 2.15. The van der Waals surface area contributed by atoms with Gasteiger partial charge in [-0.2, -0.15) is 0 Å². The summed E-state index contributed by atoms with van der Waals surface area (Å²) in [6.45, 7) is -0.202. The van der Waals surface area contributed by atoms with E-state index in [1.807, 2.05) is 47.3 Å². The highest BCUT2D eigenvalue weighted by Crippen LogP contribution is 2.25. The fourth-order valence-corrected chi connectivity index (χ4v) is 3.56. The summed E-state index contributed by atoms with van der Waals surface area (Å²) < 4.78 is 8.73. The summed E-state index contributed by atoms with van der Waals surface area (Å²) in [5.41, 5.74) is 2.08. The van der Waals surface area contributed by atoms with Gasteiger partial charge in [-0.1, -0.05) is 23.7 Å². The number of halogens is 1. The number of amides is 1. The number of fused-ring (bicyclic) bond motifs is 3. The lowest BCUT2D eigenvalue weighted by Gasteiger charge is -2.13. The Balaban J connectivity index is 1.45. The molecule has 0 bridgehead atoms. The van der Waals surface area contributed by atoms with Crippen LogP contribution in [0, 0.1) is 0 Å². The van der Waals surface area contributed by atoms with Gasteiger partial charge in [0.1, 0.15) is 17.6 Å². The predicted octanol–water partition coefficient (Wildman–Crippen LogP) is 4.23. The van der Waals surface area contributed by atoms with Crippen molar-refractivity contribution in [1.82, 2.24) is 14.1 Å². The molecule has 0 saturated carbocycles. The van der Waals surface area contributed by atoms with E-state index in [1.165, 1.54) is 10.9 Å². The first kappa shape index (κ1) is 18.2. The first-order chi connectivity index (χ1) is 14.6. The SMILES string of the molecule is O=C(Cn1cnc2c(oc3ccccc32)c1=O)Nc1ccc(Cl)cc1-n1cccc1. The number of rotatable bonds is 4. The lowest BCUT2D eigenvalue weighted by atomic mass is 10.2. The summed E-state index contributed by atoms with van der Waals surface area (Å²) >= 11 is 6.12. The molecule has 5 rings (SSSR count). The molecule has 148 valence electrons. The molecule has 0 aliphatic heterocycles. The van der Waals surface area contributed by atoms with E-state index in [0.717, 1.165) is 11.1 Å². The smallest absolute Gasteiger partial charge is 0.297 e. The molecule has 3 aromatic heterocycles. The Bertz CT molecular complexity index is 1450. The molecule has 3 heterocycles. The number of nitrogens with one attached hydrogen (secondary N) is 1. The summed E-state index contributed by atoms with van der Waals surface area (Å²) in [6.07, 6.45) is 5.07. The van der Waals surface area contributed by atoms with Gasteiger partial charge in [0.05, 0.1) is 17.7 Å². The van der Waals surface area contributed by atoms with Gasteiger partial charge in [0.25, 0.3) is 5.56 Å². The molecule has 0 saturated heterocycles. The monoisotopic (exact) mass is 418 g/mol. The van der Waals surface area contributed by atoms with Gasteiger partial charge in [-0.05, 0) is 42.5 Å². The first-order valence-electron chi connectivity index (χ1n) is 9.19. The second kappa shape index (κ2) is 7.20. The van der Waals surface area contributed by atoms with E-state index in [-0.39, 0.29) is 18.0 Å². The fourth-order valence-electron chi connectivity index (χ4n) is 3.39. The van der Waals surface area contributed by atoms with E-state index >= 15 is 0 Å². The lowest BCUT2D eigenvalue weighted by molar-refractivity contribution is -0.116. The highest BCUT2D eigenvalue weighted by molar-refractivity contribution is 6.31. The maximum Gasteiger partial charge on any atom is 0.297 e. The van der Waals surface area contributed by atoms with Gasteiger partial charge in [0.15, 0.2) is 0 Å². The van der Waals surface area contributed by atoms with E-state index in [1.54, 1.807) is 24.3 Å². The summed E-state index contributed by atoms with van der Waals surface area (Å²) in [5, 5.41) is 4.15. The van der Waals surface area contributed by atoms with Crippen LogP contribution in [0.15, 0.2) is 82.5 Å². The Labute approximate surface area is 175 Å². The molecule has 0 unspecified atom stereocenters. The van der Waals surface area contributed by atoms with Gasteiger partial charge < -0.3 is 14.3 Å². The number of anilines is 1. The number of para-hydroxylation sites is 1. The minimum Gasteiger partial charge on any atom is -0.448 e. The van der Waals surface area contributed by atoms with Gasteiger partial charge in [0, 0.05) is 22.8 Å². The quantitative estimate of drug-likeness (QED) is 0.473. The van der Waals surface area contributed by atoms with Crippen molar-refractivity contribution < 1.29 is 9.21 Å². The van der Waals surface area contributed by atoms with Gasteiger partial charge >= 0.3 is 0 Å². The van der Waals surface area contributed by atoms with E-state index < -0.39 is 5.56 Å². The number of hydrogen-bond acceptors (Lipinski definition) is 4. The molecule has 30 heavy (non-hydrogen) atoms. The fraction of sp³-hybridized carbons (Fsp3) is 0.0455. The Hall–Kier alpha value is -3.84. The molecule has 8 heteroatoms. The number of carbonyl (C=O) groups excluding carboxylic acids is 1. The van der Waals surface area contributed by atoms with Crippen LogP contribution in [0.4, 0.5) is 5.69 Å². The van der Waals surface area contributed by atoms with E-state index in [4.69, 9.17) is 16.0 Å². The van der Waals surface area contributed by atoms with Crippen LogP contribution >= 0.6 is 11.6 Å². The number of nitrogens with zero attached hydrogens (tertiary/aromatic N) is 3. The van der Waals surface area contributed by atoms with Gasteiger partial charge in [0.2, 0.25) is 11.5 Å². The Morgan fingerprint density at radius 2 is 1.90 bits per heavy atom. The van der Waals surface area contributed by atoms with Crippen molar-refractivity contribution in [3.8, 4) is 5.69 Å². The molecule has 1 amide bonds. The number of hydrogen-bond donors (Lipinski definition) is 1. The Kier molecular flexibility index (Phi) is 4.37. The van der Waals surface area contributed by atoms with Crippen LogP contribution in [0.5, 0.6) is 0 Å². The molecule has 0 fully saturated rings. The highest BCUT2D eigenvalue weighted by atomic mass is 35.5. The number of furan rings is 1. The molecule has 0 aliphatic rings. The third-order valence-corrected chi connectivity index (χ3v) is 5.02. The standard InChI is InChI=1S/C22H15ClN4O3/c23-14-7-8-16(17(11-14)26-9-3-4-10-26)25-19(28)12-27-13-24-20-15-5-1-2-6-18(15)30-21(20)22(27)29/h1-11,13H,12H2,(H,25,28). The van der Waals surface area contributed by atoms with E-state index in [9.17, 15) is 9.59 Å². The van der Waals surface area contributed by atoms with Crippen LogP contribution in [0.3, 0.4) is 0 Å². The maximum absolute atomic E-state index is 12.8. The van der Waals surface area contributed by atoms with E-state index in [0.29, 0.717) is 21.8 Å². The van der Waals surface area contributed by atoms with Gasteiger partial charge in [-0.15, -0.1) is 0 Å². The summed E-state index contributed by atoms with van der Waals surface area (Å²) in [5.74, 6) is -0.370. The molecule has 0 atom stereocenters. The largest absolute Gasteiger partial charge is 0.448 e. The zero-order chi connectivity index (χ0) is 20.7. The van der Waals surface area contributed by atoms with Crippen molar-refractivity contribution in [1.29, 1.82) is 0 Å². The molecule has 0 spiro atoms. The van der Waals surface area contributed by atoms with Crippen LogP contribution in [0.25, 0.3) is 27.8 Å². The van der Waals surface area contributed by atoms with Crippen molar-refractivity contribution in [3.63, 3.8) is 0 Å². The summed E-state index contributed by atoms with van der Waals surface area (Å²) in [4.78, 5) is 29.8. The van der Waals surface area contributed by atoms with Gasteiger partial charge in [-0.3, -0.25) is 14.2 Å². The molecular formula is C22H15ClN4O3. The summed E-state index contributed by atoms with van der Waals surface area (Å²) in [7, 11) is 0. The number of benzene rings is 2. The maximum atomic E-state index is 12.8. The van der Waals surface area contributed by atoms with Gasteiger partial charge in [-0.25, -0.2) is 4.98 Å². The van der Waals surface area contributed by atoms with Crippen LogP contribution in [-0.2, 0) is 11.3 Å². The van der Waals surface area contributed by atoms with Crippen molar-refractivity contribution in [2.24, 2.45) is 0 Å². The third kappa shape index (κ3) is 3.15. The van der Waals surface area contributed by atoms with Crippen LogP contribution in [0.2, 0.25) is 5.02 Å². The summed E-state index contributed by atoms with van der Waals surface area (Å²) in [6, 6.07) is 16.2. The van der Waals surface area contributed by atoms with Crippen molar-refractivity contribution in [2.45, 2.75) is 6.54 Å². The molecule has 7 nitrogen and oxygen atoms in total. The van der Waals surface area contributed by atoms with Crippen LogP contribution < -0.4 is 10.9 Å². The molecule has 5 aromatic rings. The lowest BCUT2D eigenvalue weighted by Crippen LogP contribution is -2.27. The Morgan fingerprint density at radius 1 is 1.10 bits per heavy atom. The average molecular weight is 419 g/mol. The minimum atomic E-state index is -0.409. The average Bonchev–Trinajstić information content (AvgIpc) is 3.40. The van der Waals surface area contributed by atoms with Crippen molar-refractivity contribution in [3.05, 3.63) is 88.7 Å². The third-order valence-electron chi connectivity index (χ3n) is 4.78. The zero-order valence-electron chi connectivity index (χ0n) is 15.6. The predicted molar refractivity (Wildman–Crippen MR) is 115 cm³/mol. The number of carbonyl (C=O) groups is 1. The minimum absolute atomic E-state index is 0.131. The van der Waals surface area contributed by atoms with E-state index in [2.05, 4.69) is 10.3 Å². The number of aromatic nitrogens is 3. The van der Waals surface area contributed by atoms with Crippen molar-refractivity contribution in [2.75, 3.05) is 5.32 Å². The Morgan fingerprint density at radius 3 is 2.73 bits per heavy atom. The van der Waals surface area contributed by atoms with Crippen LogP contribution in [0.1, 0.15) is 0 Å².